The Labute approximate surface area is 83.4 Å². The van der Waals surface area contributed by atoms with Gasteiger partial charge >= 0.3 is 0 Å². The number of pyridine rings is 1. The molecular formula is C11H12ClN. The highest BCUT2D eigenvalue weighted by atomic mass is 35.5. The highest BCUT2D eigenvalue weighted by Gasteiger charge is 2.11. The SMILES string of the molecule is Clc1cccc([C@H]2C=CCCC2)n1. The first kappa shape index (κ1) is 8.76. The van der Waals surface area contributed by atoms with Crippen LogP contribution in [-0.2, 0) is 0 Å². The van der Waals surface area contributed by atoms with Gasteiger partial charge in [0.05, 0.1) is 0 Å². The molecule has 1 atom stereocenters. The van der Waals surface area contributed by atoms with Crippen molar-refractivity contribution in [2.45, 2.75) is 25.2 Å². The minimum atomic E-state index is 0.479. The number of halogens is 1. The molecular weight excluding hydrogens is 182 g/mol. The van der Waals surface area contributed by atoms with E-state index in [1.54, 1.807) is 0 Å². The third-order valence-corrected chi connectivity index (χ3v) is 2.58. The maximum absolute atomic E-state index is 5.83. The molecule has 1 aromatic heterocycles. The monoisotopic (exact) mass is 193 g/mol. The molecule has 0 aromatic carbocycles. The molecule has 0 aliphatic heterocycles. The fourth-order valence-electron chi connectivity index (χ4n) is 1.69. The van der Waals surface area contributed by atoms with Crippen LogP contribution in [0.1, 0.15) is 30.9 Å². The Morgan fingerprint density at radius 3 is 3.00 bits per heavy atom. The molecule has 68 valence electrons. The lowest BCUT2D eigenvalue weighted by molar-refractivity contribution is 0.641. The first-order valence-electron chi connectivity index (χ1n) is 4.65. The predicted molar refractivity (Wildman–Crippen MR) is 55.0 cm³/mol. The van der Waals surface area contributed by atoms with Crippen molar-refractivity contribution in [1.82, 2.24) is 4.98 Å². The van der Waals surface area contributed by atoms with E-state index < -0.39 is 0 Å². The van der Waals surface area contributed by atoms with Crippen molar-refractivity contribution >= 4 is 11.6 Å². The Balaban J connectivity index is 2.24. The first-order valence-corrected chi connectivity index (χ1v) is 5.03. The van der Waals surface area contributed by atoms with Crippen molar-refractivity contribution in [3.05, 3.63) is 41.2 Å². The van der Waals surface area contributed by atoms with Gasteiger partial charge in [-0.15, -0.1) is 0 Å². The van der Waals surface area contributed by atoms with E-state index in [1.807, 2.05) is 18.2 Å². The standard InChI is InChI=1S/C11H12ClN/c12-11-8-4-7-10(13-11)9-5-2-1-3-6-9/h2,4-5,7-9H,1,3,6H2/t9-/m0/s1. The molecule has 0 saturated heterocycles. The molecule has 0 N–H and O–H groups in total. The highest BCUT2D eigenvalue weighted by molar-refractivity contribution is 6.29. The van der Waals surface area contributed by atoms with Crippen LogP contribution in [0.25, 0.3) is 0 Å². The van der Waals surface area contributed by atoms with Crippen LogP contribution in [0.3, 0.4) is 0 Å². The van der Waals surface area contributed by atoms with Gasteiger partial charge in [-0.25, -0.2) is 4.98 Å². The van der Waals surface area contributed by atoms with Crippen molar-refractivity contribution < 1.29 is 0 Å². The maximum atomic E-state index is 5.83. The third kappa shape index (κ3) is 2.10. The van der Waals surface area contributed by atoms with Crippen LogP contribution >= 0.6 is 11.6 Å². The number of hydrogen-bond acceptors (Lipinski definition) is 1. The normalized spacial score (nSPS) is 21.8. The molecule has 0 fully saturated rings. The summed E-state index contributed by atoms with van der Waals surface area (Å²) in [6.45, 7) is 0. The Bertz CT molecular complexity index is 320. The number of nitrogens with zero attached hydrogens (tertiary/aromatic N) is 1. The Morgan fingerprint density at radius 1 is 1.38 bits per heavy atom. The molecule has 2 rings (SSSR count). The molecule has 0 spiro atoms. The molecule has 0 saturated carbocycles. The van der Waals surface area contributed by atoms with E-state index in [4.69, 9.17) is 11.6 Å². The van der Waals surface area contributed by atoms with Crippen molar-refractivity contribution in [2.75, 3.05) is 0 Å². The largest absolute Gasteiger partial charge is 0.241 e. The van der Waals surface area contributed by atoms with Gasteiger partial charge in [0.25, 0.3) is 0 Å². The molecule has 1 nitrogen and oxygen atoms in total. The van der Waals surface area contributed by atoms with Gasteiger partial charge in [0.1, 0.15) is 5.15 Å². The lowest BCUT2D eigenvalue weighted by Gasteiger charge is -2.15. The van der Waals surface area contributed by atoms with E-state index in [0.29, 0.717) is 11.1 Å². The van der Waals surface area contributed by atoms with Crippen molar-refractivity contribution in [3.8, 4) is 0 Å². The van der Waals surface area contributed by atoms with Gasteiger partial charge in [-0.3, -0.25) is 0 Å². The minimum absolute atomic E-state index is 0.479. The van der Waals surface area contributed by atoms with Gasteiger partial charge in [0.15, 0.2) is 0 Å². The van der Waals surface area contributed by atoms with Crippen LogP contribution in [0, 0.1) is 0 Å². The van der Waals surface area contributed by atoms with E-state index in [1.165, 1.54) is 19.3 Å². The van der Waals surface area contributed by atoms with Gasteiger partial charge in [0.2, 0.25) is 0 Å². The summed E-state index contributed by atoms with van der Waals surface area (Å²) in [6.07, 6.45) is 8.13. The Morgan fingerprint density at radius 2 is 2.31 bits per heavy atom. The number of allylic oxidation sites excluding steroid dienone is 2. The quantitative estimate of drug-likeness (QED) is 0.491. The molecule has 13 heavy (non-hydrogen) atoms. The van der Waals surface area contributed by atoms with Crippen LogP contribution in [0.2, 0.25) is 5.15 Å². The van der Waals surface area contributed by atoms with Crippen LogP contribution < -0.4 is 0 Å². The summed E-state index contributed by atoms with van der Waals surface area (Å²) in [5.74, 6) is 0.479. The van der Waals surface area contributed by atoms with Crippen molar-refractivity contribution in [3.63, 3.8) is 0 Å². The van der Waals surface area contributed by atoms with Crippen LogP contribution in [0.5, 0.6) is 0 Å². The minimum Gasteiger partial charge on any atom is -0.241 e. The molecule has 1 aromatic rings. The van der Waals surface area contributed by atoms with E-state index >= 15 is 0 Å². The van der Waals surface area contributed by atoms with E-state index in [9.17, 15) is 0 Å². The molecule has 0 bridgehead atoms. The fourth-order valence-corrected chi connectivity index (χ4v) is 1.86. The fraction of sp³-hybridized carbons (Fsp3) is 0.364. The zero-order chi connectivity index (χ0) is 9.10. The Hall–Kier alpha value is -0.820. The predicted octanol–water partition coefficient (Wildman–Crippen LogP) is 3.56. The van der Waals surface area contributed by atoms with E-state index in [0.717, 1.165) is 5.69 Å². The third-order valence-electron chi connectivity index (χ3n) is 2.37. The molecule has 1 aliphatic carbocycles. The number of hydrogen-bond donors (Lipinski definition) is 0. The second kappa shape index (κ2) is 3.93. The summed E-state index contributed by atoms with van der Waals surface area (Å²) in [6, 6.07) is 5.83. The van der Waals surface area contributed by atoms with Crippen LogP contribution in [0.15, 0.2) is 30.4 Å². The summed E-state index contributed by atoms with van der Waals surface area (Å²) >= 11 is 5.83. The molecule has 0 amide bonds. The van der Waals surface area contributed by atoms with Crippen LogP contribution in [-0.4, -0.2) is 4.98 Å². The zero-order valence-corrected chi connectivity index (χ0v) is 8.17. The number of rotatable bonds is 1. The average molecular weight is 194 g/mol. The van der Waals surface area contributed by atoms with Crippen LogP contribution in [0.4, 0.5) is 0 Å². The molecule has 1 heterocycles. The van der Waals surface area contributed by atoms with Crippen molar-refractivity contribution in [1.29, 1.82) is 0 Å². The topological polar surface area (TPSA) is 12.9 Å². The molecule has 0 radical (unpaired) electrons. The van der Waals surface area contributed by atoms with E-state index in [2.05, 4.69) is 17.1 Å². The Kier molecular flexibility index (Phi) is 2.65. The first-order chi connectivity index (χ1) is 6.36. The molecule has 0 unspecified atom stereocenters. The smallest absolute Gasteiger partial charge is 0.129 e. The average Bonchev–Trinajstić information content (AvgIpc) is 2.19. The second-order valence-corrected chi connectivity index (χ2v) is 3.74. The van der Waals surface area contributed by atoms with Gasteiger partial charge in [-0.05, 0) is 31.4 Å². The van der Waals surface area contributed by atoms with Gasteiger partial charge in [-0.2, -0.15) is 0 Å². The maximum Gasteiger partial charge on any atom is 0.129 e. The van der Waals surface area contributed by atoms with E-state index in [-0.39, 0.29) is 0 Å². The van der Waals surface area contributed by atoms with Gasteiger partial charge in [-0.1, -0.05) is 29.8 Å². The summed E-state index contributed by atoms with van der Waals surface area (Å²) in [5.41, 5.74) is 1.10. The lowest BCUT2D eigenvalue weighted by Crippen LogP contribution is -2.01. The number of aromatic nitrogens is 1. The highest BCUT2D eigenvalue weighted by Crippen LogP contribution is 2.26. The summed E-state index contributed by atoms with van der Waals surface area (Å²) in [4.78, 5) is 4.31. The zero-order valence-electron chi connectivity index (χ0n) is 7.41. The lowest BCUT2D eigenvalue weighted by atomic mass is 9.93. The summed E-state index contributed by atoms with van der Waals surface area (Å²) in [5, 5.41) is 0.594. The van der Waals surface area contributed by atoms with Gasteiger partial charge < -0.3 is 0 Å². The summed E-state index contributed by atoms with van der Waals surface area (Å²) in [7, 11) is 0. The molecule has 1 aliphatic rings. The van der Waals surface area contributed by atoms with Crippen molar-refractivity contribution in [2.24, 2.45) is 0 Å². The van der Waals surface area contributed by atoms with Gasteiger partial charge in [0, 0.05) is 11.6 Å². The summed E-state index contributed by atoms with van der Waals surface area (Å²) < 4.78 is 0. The molecule has 2 heteroatoms. The second-order valence-electron chi connectivity index (χ2n) is 3.35.